The van der Waals surface area contributed by atoms with Crippen LogP contribution in [0.3, 0.4) is 0 Å². The van der Waals surface area contributed by atoms with Crippen LogP contribution in [0.25, 0.3) is 33.1 Å². The number of nitrogens with one attached hydrogen (secondary N) is 2. The molecule has 0 aliphatic rings. The van der Waals surface area contributed by atoms with E-state index in [1.807, 2.05) is 42.5 Å². The number of aldehydes is 2. The van der Waals surface area contributed by atoms with Gasteiger partial charge in [-0.1, -0.05) is 24.3 Å². The number of benzene rings is 2. The van der Waals surface area contributed by atoms with E-state index in [0.717, 1.165) is 45.6 Å². The molecule has 106 valence electrons. The first-order chi connectivity index (χ1) is 10.8. The van der Waals surface area contributed by atoms with Crippen LogP contribution in [0.5, 0.6) is 0 Å². The van der Waals surface area contributed by atoms with Crippen LogP contribution in [0.1, 0.15) is 20.7 Å². The van der Waals surface area contributed by atoms with E-state index in [-0.39, 0.29) is 0 Å². The molecule has 4 rings (SSSR count). The van der Waals surface area contributed by atoms with Gasteiger partial charge in [0.15, 0.2) is 12.6 Å². The number of carbonyl (C=O) groups is 2. The third-order valence-electron chi connectivity index (χ3n) is 3.99. The Kier molecular flexibility index (Phi) is 2.69. The quantitative estimate of drug-likeness (QED) is 0.561. The molecule has 0 radical (unpaired) electrons. The van der Waals surface area contributed by atoms with Gasteiger partial charge < -0.3 is 9.97 Å². The van der Waals surface area contributed by atoms with Gasteiger partial charge in [-0.2, -0.15) is 0 Å². The lowest BCUT2D eigenvalue weighted by molar-refractivity contribution is 0.111. The van der Waals surface area contributed by atoms with Crippen LogP contribution < -0.4 is 0 Å². The van der Waals surface area contributed by atoms with E-state index in [1.165, 1.54) is 0 Å². The van der Waals surface area contributed by atoms with Crippen LogP contribution in [0, 0.1) is 0 Å². The van der Waals surface area contributed by atoms with Crippen LogP contribution in [0.15, 0.2) is 48.7 Å². The van der Waals surface area contributed by atoms with E-state index in [1.54, 1.807) is 6.20 Å². The Hall–Kier alpha value is -3.14. The van der Waals surface area contributed by atoms with E-state index in [0.29, 0.717) is 11.1 Å². The van der Waals surface area contributed by atoms with E-state index in [2.05, 4.69) is 9.97 Å². The topological polar surface area (TPSA) is 65.7 Å². The molecule has 0 saturated carbocycles. The molecule has 0 spiro atoms. The van der Waals surface area contributed by atoms with Crippen LogP contribution in [0.4, 0.5) is 0 Å². The highest BCUT2D eigenvalue weighted by molar-refractivity contribution is 6.06. The molecule has 4 nitrogen and oxygen atoms in total. The van der Waals surface area contributed by atoms with Crippen molar-refractivity contribution in [1.29, 1.82) is 0 Å². The zero-order valence-corrected chi connectivity index (χ0v) is 11.6. The van der Waals surface area contributed by atoms with Crippen molar-refractivity contribution >= 4 is 34.4 Å². The van der Waals surface area contributed by atoms with Crippen molar-refractivity contribution in [2.24, 2.45) is 0 Å². The maximum atomic E-state index is 11.5. The second kappa shape index (κ2) is 4.70. The maximum absolute atomic E-state index is 11.5. The van der Waals surface area contributed by atoms with Gasteiger partial charge in [0.2, 0.25) is 0 Å². The standard InChI is InChI=1S/C18H12N2O2/c21-9-12-8-19-16-6-5-11(7-14(12)16)18-15(10-22)13-3-1-2-4-17(13)20-18/h1-10,19-20H. The number of hydrogen-bond acceptors (Lipinski definition) is 2. The average Bonchev–Trinajstić information content (AvgIpc) is 3.14. The molecular weight excluding hydrogens is 276 g/mol. The summed E-state index contributed by atoms with van der Waals surface area (Å²) in [5, 5.41) is 1.75. The number of rotatable bonds is 3. The number of aromatic amines is 2. The molecule has 0 bridgehead atoms. The van der Waals surface area contributed by atoms with Crippen LogP contribution in [0.2, 0.25) is 0 Å². The molecule has 0 aliphatic heterocycles. The summed E-state index contributed by atoms with van der Waals surface area (Å²) in [5.74, 6) is 0. The van der Waals surface area contributed by atoms with Gasteiger partial charge >= 0.3 is 0 Å². The number of H-pyrrole nitrogens is 2. The van der Waals surface area contributed by atoms with Gasteiger partial charge in [-0.15, -0.1) is 0 Å². The summed E-state index contributed by atoms with van der Waals surface area (Å²) in [6, 6.07) is 13.5. The monoisotopic (exact) mass is 288 g/mol. The Morgan fingerprint density at radius 3 is 2.55 bits per heavy atom. The Morgan fingerprint density at radius 1 is 0.864 bits per heavy atom. The van der Waals surface area contributed by atoms with Crippen molar-refractivity contribution in [3.8, 4) is 11.3 Å². The van der Waals surface area contributed by atoms with Gasteiger partial charge in [-0.25, -0.2) is 0 Å². The predicted molar refractivity (Wildman–Crippen MR) is 86.4 cm³/mol. The number of aromatic nitrogens is 2. The summed E-state index contributed by atoms with van der Waals surface area (Å²) in [6.45, 7) is 0. The summed E-state index contributed by atoms with van der Waals surface area (Å²) in [4.78, 5) is 29.0. The molecule has 0 aliphatic carbocycles. The highest BCUT2D eigenvalue weighted by atomic mass is 16.1. The molecule has 2 aromatic heterocycles. The molecule has 22 heavy (non-hydrogen) atoms. The second-order valence-corrected chi connectivity index (χ2v) is 5.20. The normalized spacial score (nSPS) is 11.1. The molecule has 0 unspecified atom stereocenters. The third-order valence-corrected chi connectivity index (χ3v) is 3.99. The van der Waals surface area contributed by atoms with E-state index in [9.17, 15) is 9.59 Å². The van der Waals surface area contributed by atoms with Crippen molar-refractivity contribution in [3.63, 3.8) is 0 Å². The fraction of sp³-hybridized carbons (Fsp3) is 0. The fourth-order valence-electron chi connectivity index (χ4n) is 2.91. The predicted octanol–water partition coefficient (Wildman–Crippen LogP) is 3.94. The van der Waals surface area contributed by atoms with Crippen molar-refractivity contribution in [3.05, 3.63) is 59.8 Å². The van der Waals surface area contributed by atoms with Crippen LogP contribution >= 0.6 is 0 Å². The van der Waals surface area contributed by atoms with Gasteiger partial charge in [-0.05, 0) is 23.8 Å². The van der Waals surface area contributed by atoms with E-state index < -0.39 is 0 Å². The molecule has 2 N–H and O–H groups in total. The van der Waals surface area contributed by atoms with Crippen LogP contribution in [-0.2, 0) is 0 Å². The summed E-state index contributed by atoms with van der Waals surface area (Å²) >= 11 is 0. The first-order valence-electron chi connectivity index (χ1n) is 6.94. The molecule has 0 amide bonds. The number of fused-ring (bicyclic) bond motifs is 2. The molecule has 2 aromatic carbocycles. The molecule has 4 heteroatoms. The summed E-state index contributed by atoms with van der Waals surface area (Å²) in [7, 11) is 0. The summed E-state index contributed by atoms with van der Waals surface area (Å²) in [6.07, 6.45) is 3.39. The van der Waals surface area contributed by atoms with E-state index >= 15 is 0 Å². The lowest BCUT2D eigenvalue weighted by Crippen LogP contribution is -1.85. The Labute approximate surface area is 125 Å². The zero-order chi connectivity index (χ0) is 15.1. The minimum Gasteiger partial charge on any atom is -0.360 e. The van der Waals surface area contributed by atoms with Gasteiger partial charge in [0, 0.05) is 39.1 Å². The molecule has 4 aromatic rings. The third kappa shape index (κ3) is 1.71. The number of carbonyl (C=O) groups excluding carboxylic acids is 2. The van der Waals surface area contributed by atoms with Crippen molar-refractivity contribution in [2.45, 2.75) is 0 Å². The molecule has 2 heterocycles. The fourth-order valence-corrected chi connectivity index (χ4v) is 2.91. The highest BCUT2D eigenvalue weighted by Crippen LogP contribution is 2.31. The Morgan fingerprint density at radius 2 is 1.73 bits per heavy atom. The van der Waals surface area contributed by atoms with Crippen molar-refractivity contribution in [1.82, 2.24) is 9.97 Å². The smallest absolute Gasteiger partial charge is 0.152 e. The molecule has 0 atom stereocenters. The van der Waals surface area contributed by atoms with Crippen molar-refractivity contribution in [2.75, 3.05) is 0 Å². The first-order valence-corrected chi connectivity index (χ1v) is 6.94. The van der Waals surface area contributed by atoms with Gasteiger partial charge in [0.05, 0.1) is 5.69 Å². The Bertz CT molecular complexity index is 1020. The Balaban J connectivity index is 2.02. The molecule has 0 saturated heterocycles. The first kappa shape index (κ1) is 12.6. The van der Waals surface area contributed by atoms with Gasteiger partial charge in [0.1, 0.15) is 0 Å². The second-order valence-electron chi connectivity index (χ2n) is 5.20. The maximum Gasteiger partial charge on any atom is 0.152 e. The minimum atomic E-state index is 0.612. The average molecular weight is 288 g/mol. The van der Waals surface area contributed by atoms with E-state index in [4.69, 9.17) is 0 Å². The van der Waals surface area contributed by atoms with Gasteiger partial charge in [-0.3, -0.25) is 9.59 Å². The zero-order valence-electron chi connectivity index (χ0n) is 11.6. The lowest BCUT2D eigenvalue weighted by Gasteiger charge is -2.01. The van der Waals surface area contributed by atoms with Crippen LogP contribution in [-0.4, -0.2) is 22.5 Å². The SMILES string of the molecule is O=Cc1c[nH]c2ccc(-c3[nH]c4ccccc4c3C=O)cc12. The molecule has 0 fully saturated rings. The van der Waals surface area contributed by atoms with Gasteiger partial charge in [0.25, 0.3) is 0 Å². The van der Waals surface area contributed by atoms with Crippen molar-refractivity contribution < 1.29 is 9.59 Å². The lowest BCUT2D eigenvalue weighted by atomic mass is 10.0. The minimum absolute atomic E-state index is 0.612. The number of para-hydroxylation sites is 1. The summed E-state index contributed by atoms with van der Waals surface area (Å²) < 4.78 is 0. The molecular formula is C18H12N2O2. The number of hydrogen-bond donors (Lipinski definition) is 2. The largest absolute Gasteiger partial charge is 0.360 e. The highest BCUT2D eigenvalue weighted by Gasteiger charge is 2.13. The summed E-state index contributed by atoms with van der Waals surface area (Å²) in [5.41, 5.74) is 4.72.